The van der Waals surface area contributed by atoms with Gasteiger partial charge in [0.1, 0.15) is 16.4 Å². The van der Waals surface area contributed by atoms with Gasteiger partial charge in [-0.3, -0.25) is 9.59 Å². The average Bonchev–Trinajstić information content (AvgIpc) is 2.92. The van der Waals surface area contributed by atoms with Gasteiger partial charge in [-0.1, -0.05) is 54.1 Å². The van der Waals surface area contributed by atoms with Crippen LogP contribution < -0.4 is 19.7 Å². The molecule has 0 bridgehead atoms. The number of carbonyl (C=O) groups is 2. The largest absolute Gasteiger partial charge is 0.495 e. The molecule has 1 heterocycles. The van der Waals surface area contributed by atoms with Gasteiger partial charge in [-0.15, -0.1) is 0 Å². The molecule has 200 valence electrons. The summed E-state index contributed by atoms with van der Waals surface area (Å²) in [5.41, 5.74) is 1.54. The number of rotatable bonds is 9. The van der Waals surface area contributed by atoms with Crippen molar-refractivity contribution >= 4 is 39.1 Å². The SMILES string of the molecule is COc1ccc(Cl)cc1S(=O)(=O)N(C)CC(=O)N1CC(C(=O)NCCc2ccccc2)Oc2ccccc21. The zero-order valence-electron chi connectivity index (χ0n) is 21.0. The van der Waals surface area contributed by atoms with Crippen LogP contribution in [-0.4, -0.2) is 64.4 Å². The lowest BCUT2D eigenvalue weighted by Crippen LogP contribution is -2.52. The van der Waals surface area contributed by atoms with E-state index in [9.17, 15) is 18.0 Å². The van der Waals surface area contributed by atoms with Gasteiger partial charge in [-0.2, -0.15) is 4.31 Å². The van der Waals surface area contributed by atoms with Crippen molar-refractivity contribution in [1.29, 1.82) is 0 Å². The third kappa shape index (κ3) is 6.09. The summed E-state index contributed by atoms with van der Waals surface area (Å²) < 4.78 is 38.5. The number of fused-ring (bicyclic) bond motifs is 1. The molecule has 1 aliphatic heterocycles. The Hall–Kier alpha value is -3.60. The first-order chi connectivity index (χ1) is 18.2. The van der Waals surface area contributed by atoms with Crippen molar-refractivity contribution in [3.63, 3.8) is 0 Å². The van der Waals surface area contributed by atoms with Crippen LogP contribution in [0.4, 0.5) is 5.69 Å². The maximum Gasteiger partial charge on any atom is 0.262 e. The van der Waals surface area contributed by atoms with Crippen LogP contribution in [0.5, 0.6) is 11.5 Å². The summed E-state index contributed by atoms with van der Waals surface area (Å²) in [7, 11) is -1.47. The second-order valence-corrected chi connectivity index (χ2v) is 11.1. The minimum atomic E-state index is -4.12. The summed E-state index contributed by atoms with van der Waals surface area (Å²) in [5, 5.41) is 3.08. The first kappa shape index (κ1) is 27.4. The Labute approximate surface area is 227 Å². The summed E-state index contributed by atoms with van der Waals surface area (Å²) in [6.45, 7) is -0.142. The summed E-state index contributed by atoms with van der Waals surface area (Å²) in [6.07, 6.45) is -0.312. The second-order valence-electron chi connectivity index (χ2n) is 8.66. The monoisotopic (exact) mass is 557 g/mol. The highest BCUT2D eigenvalue weighted by atomic mass is 35.5. The minimum Gasteiger partial charge on any atom is -0.495 e. The maximum absolute atomic E-state index is 13.4. The van der Waals surface area contributed by atoms with Crippen LogP contribution in [0, 0.1) is 0 Å². The molecule has 0 aliphatic carbocycles. The third-order valence-corrected chi connectivity index (χ3v) is 8.15. The number of hydrogen-bond donors (Lipinski definition) is 1. The van der Waals surface area contributed by atoms with E-state index in [1.807, 2.05) is 30.3 Å². The third-order valence-electron chi connectivity index (χ3n) is 6.09. The molecule has 38 heavy (non-hydrogen) atoms. The van der Waals surface area contributed by atoms with E-state index in [-0.39, 0.29) is 28.1 Å². The Balaban J connectivity index is 1.48. The number of anilines is 1. The number of para-hydroxylation sites is 2. The number of ether oxygens (including phenoxy) is 2. The van der Waals surface area contributed by atoms with Crippen LogP contribution in [0.3, 0.4) is 0 Å². The van der Waals surface area contributed by atoms with Crippen molar-refractivity contribution in [2.75, 3.05) is 38.7 Å². The lowest BCUT2D eigenvalue weighted by molar-refractivity contribution is -0.128. The number of carbonyl (C=O) groups excluding carboxylic acids is 2. The van der Waals surface area contributed by atoms with Gasteiger partial charge in [-0.05, 0) is 42.3 Å². The number of likely N-dealkylation sites (N-methyl/N-ethyl adjacent to an activating group) is 1. The molecule has 0 radical (unpaired) electrons. The van der Waals surface area contributed by atoms with Gasteiger partial charge in [0.25, 0.3) is 5.91 Å². The molecule has 3 aromatic rings. The lowest BCUT2D eigenvalue weighted by Gasteiger charge is -2.35. The molecule has 1 N–H and O–H groups in total. The zero-order valence-corrected chi connectivity index (χ0v) is 22.5. The molecule has 2 amide bonds. The highest BCUT2D eigenvalue weighted by molar-refractivity contribution is 7.89. The van der Waals surface area contributed by atoms with Crippen LogP contribution in [0.1, 0.15) is 5.56 Å². The van der Waals surface area contributed by atoms with E-state index in [2.05, 4.69) is 5.32 Å². The van der Waals surface area contributed by atoms with Crippen LogP contribution in [0.15, 0.2) is 77.7 Å². The number of hydrogen-bond acceptors (Lipinski definition) is 6. The molecule has 9 nitrogen and oxygen atoms in total. The van der Waals surface area contributed by atoms with Crippen LogP contribution in [-0.2, 0) is 26.0 Å². The number of amides is 2. The number of methoxy groups -OCH3 is 1. The van der Waals surface area contributed by atoms with Crippen molar-refractivity contribution in [2.45, 2.75) is 17.4 Å². The molecule has 3 aromatic carbocycles. The molecule has 0 fully saturated rings. The fraction of sp³-hybridized carbons (Fsp3) is 0.259. The summed E-state index contributed by atoms with van der Waals surface area (Å²) in [5.74, 6) is -0.414. The topological polar surface area (TPSA) is 105 Å². The lowest BCUT2D eigenvalue weighted by atomic mass is 10.1. The first-order valence-corrected chi connectivity index (χ1v) is 13.7. The Bertz CT molecular complexity index is 1420. The van der Waals surface area contributed by atoms with Crippen LogP contribution >= 0.6 is 11.6 Å². The van der Waals surface area contributed by atoms with Gasteiger partial charge in [0.2, 0.25) is 15.9 Å². The smallest absolute Gasteiger partial charge is 0.262 e. The molecule has 11 heteroatoms. The highest BCUT2D eigenvalue weighted by Crippen LogP contribution is 2.34. The molecule has 1 atom stereocenters. The quantitative estimate of drug-likeness (QED) is 0.433. The zero-order chi connectivity index (χ0) is 27.3. The number of halogens is 1. The predicted octanol–water partition coefficient (Wildman–Crippen LogP) is 3.12. The molecule has 0 spiro atoms. The molecule has 4 rings (SSSR count). The van der Waals surface area contributed by atoms with Crippen molar-refractivity contribution in [3.8, 4) is 11.5 Å². The molecular formula is C27H28ClN3O6S. The fourth-order valence-corrected chi connectivity index (χ4v) is 5.61. The van der Waals surface area contributed by atoms with Gasteiger partial charge in [0, 0.05) is 18.6 Å². The first-order valence-electron chi connectivity index (χ1n) is 11.9. The van der Waals surface area contributed by atoms with Gasteiger partial charge in [-0.25, -0.2) is 8.42 Å². The Kier molecular flexibility index (Phi) is 8.55. The number of nitrogens with zero attached hydrogens (tertiary/aromatic N) is 2. The minimum absolute atomic E-state index is 0.0681. The molecule has 0 saturated heterocycles. The molecule has 0 aromatic heterocycles. The van der Waals surface area contributed by atoms with Crippen LogP contribution in [0.25, 0.3) is 0 Å². The average molecular weight is 558 g/mol. The Morgan fingerprint density at radius 1 is 1.11 bits per heavy atom. The highest BCUT2D eigenvalue weighted by Gasteiger charge is 2.35. The number of sulfonamides is 1. The predicted molar refractivity (Wildman–Crippen MR) is 144 cm³/mol. The van der Waals surface area contributed by atoms with Gasteiger partial charge in [0.15, 0.2) is 6.10 Å². The molecule has 1 unspecified atom stereocenters. The molecular weight excluding hydrogens is 530 g/mol. The van der Waals surface area contributed by atoms with E-state index in [1.165, 1.54) is 37.3 Å². The van der Waals surface area contributed by atoms with E-state index in [4.69, 9.17) is 21.1 Å². The van der Waals surface area contributed by atoms with Crippen molar-refractivity contribution in [2.24, 2.45) is 0 Å². The van der Waals surface area contributed by atoms with Crippen molar-refractivity contribution in [3.05, 3.63) is 83.4 Å². The Morgan fingerprint density at radius 3 is 2.55 bits per heavy atom. The van der Waals surface area contributed by atoms with E-state index in [0.29, 0.717) is 24.4 Å². The molecule has 1 aliphatic rings. The van der Waals surface area contributed by atoms with E-state index in [0.717, 1.165) is 9.87 Å². The van der Waals surface area contributed by atoms with Gasteiger partial charge < -0.3 is 19.7 Å². The van der Waals surface area contributed by atoms with E-state index in [1.54, 1.807) is 24.3 Å². The Morgan fingerprint density at radius 2 is 1.82 bits per heavy atom. The van der Waals surface area contributed by atoms with Crippen LogP contribution in [0.2, 0.25) is 5.02 Å². The van der Waals surface area contributed by atoms with Crippen molar-refractivity contribution < 1.29 is 27.5 Å². The number of nitrogens with one attached hydrogen (secondary N) is 1. The normalized spacial score (nSPS) is 14.9. The standard InChI is InChI=1S/C27H28ClN3O6S/c1-30(38(34,35)25-16-20(28)12-13-23(25)36-2)18-26(32)31-17-24(37-22-11-7-6-10-21(22)31)27(33)29-15-14-19-8-4-3-5-9-19/h3-13,16,24H,14-15,17-18H2,1-2H3,(H,29,33). The summed E-state index contributed by atoms with van der Waals surface area (Å²) in [4.78, 5) is 27.6. The fourth-order valence-electron chi connectivity index (χ4n) is 4.08. The van der Waals surface area contributed by atoms with Gasteiger partial charge in [0.05, 0.1) is 25.9 Å². The molecule has 0 saturated carbocycles. The van der Waals surface area contributed by atoms with Gasteiger partial charge >= 0.3 is 0 Å². The van der Waals surface area contributed by atoms with Crippen molar-refractivity contribution in [1.82, 2.24) is 9.62 Å². The van der Waals surface area contributed by atoms with E-state index >= 15 is 0 Å². The number of benzene rings is 3. The van der Waals surface area contributed by atoms with E-state index < -0.39 is 28.6 Å². The summed E-state index contributed by atoms with van der Waals surface area (Å²) >= 11 is 6.02. The maximum atomic E-state index is 13.4. The summed E-state index contributed by atoms with van der Waals surface area (Å²) in [6, 6.07) is 20.8. The second kappa shape index (κ2) is 11.8.